The molecule has 1 aliphatic heterocycles. The van der Waals surface area contributed by atoms with Crippen molar-refractivity contribution in [3.05, 3.63) is 35.9 Å². The van der Waals surface area contributed by atoms with Gasteiger partial charge >= 0.3 is 0 Å². The van der Waals surface area contributed by atoms with Crippen LogP contribution in [-0.4, -0.2) is 29.4 Å². The molecule has 4 heteroatoms. The fourth-order valence-corrected chi connectivity index (χ4v) is 3.37. The van der Waals surface area contributed by atoms with Gasteiger partial charge in [-0.25, -0.2) is 0 Å². The van der Waals surface area contributed by atoms with Crippen LogP contribution in [-0.2, 0) is 10.3 Å². The van der Waals surface area contributed by atoms with E-state index >= 15 is 0 Å². The molecule has 4 nitrogen and oxygen atoms in total. The van der Waals surface area contributed by atoms with Gasteiger partial charge < -0.3 is 11.5 Å². The molecule has 116 valence electrons. The van der Waals surface area contributed by atoms with Crippen molar-refractivity contribution in [3.63, 3.8) is 0 Å². The number of carbonyl (C=O) groups is 1. The number of primary amides is 1. The molecule has 4 N–H and O–H groups in total. The molecule has 1 fully saturated rings. The monoisotopic (exact) mass is 289 g/mol. The zero-order valence-corrected chi connectivity index (χ0v) is 13.1. The van der Waals surface area contributed by atoms with Crippen LogP contribution in [0.15, 0.2) is 30.3 Å². The Morgan fingerprint density at radius 3 is 2.33 bits per heavy atom. The van der Waals surface area contributed by atoms with Gasteiger partial charge in [-0.05, 0) is 38.7 Å². The first kappa shape index (κ1) is 16.0. The Kier molecular flexibility index (Phi) is 5.01. The van der Waals surface area contributed by atoms with Crippen molar-refractivity contribution in [2.24, 2.45) is 11.5 Å². The molecular formula is C17H27N3O. The summed E-state index contributed by atoms with van der Waals surface area (Å²) in [6.45, 7) is 5.30. The van der Waals surface area contributed by atoms with Crippen LogP contribution in [0.3, 0.4) is 0 Å². The Labute approximate surface area is 127 Å². The lowest BCUT2D eigenvalue weighted by atomic mass is 9.86. The van der Waals surface area contributed by atoms with Gasteiger partial charge in [-0.15, -0.1) is 0 Å². The number of carbonyl (C=O) groups excluding carboxylic acids is 1. The Bertz CT molecular complexity index is 466. The molecule has 21 heavy (non-hydrogen) atoms. The predicted molar refractivity (Wildman–Crippen MR) is 85.6 cm³/mol. The standard InChI is InChI=1S/C17H27N3O/c1-13-7-6-8-14(2)20(13)12-11-17(19,16(18)21)15-9-4-3-5-10-15/h3-5,9-10,13-14H,6-8,11-12,19H2,1-2H3,(H2,18,21)/t13-,14+,17?. The highest BCUT2D eigenvalue weighted by Gasteiger charge is 2.35. The quantitative estimate of drug-likeness (QED) is 0.870. The van der Waals surface area contributed by atoms with E-state index in [0.717, 1.165) is 12.1 Å². The number of hydrogen-bond acceptors (Lipinski definition) is 3. The third-order valence-corrected chi connectivity index (χ3v) is 4.87. The molecule has 1 amide bonds. The molecule has 0 spiro atoms. The van der Waals surface area contributed by atoms with E-state index in [9.17, 15) is 4.79 Å². The molecule has 0 bridgehead atoms. The van der Waals surface area contributed by atoms with Crippen molar-refractivity contribution in [1.82, 2.24) is 4.90 Å². The van der Waals surface area contributed by atoms with Crippen molar-refractivity contribution in [2.75, 3.05) is 6.54 Å². The van der Waals surface area contributed by atoms with Crippen LogP contribution in [0.2, 0.25) is 0 Å². The Morgan fingerprint density at radius 2 is 1.81 bits per heavy atom. The molecular weight excluding hydrogens is 262 g/mol. The molecule has 0 radical (unpaired) electrons. The summed E-state index contributed by atoms with van der Waals surface area (Å²) >= 11 is 0. The number of nitrogens with zero attached hydrogens (tertiary/aromatic N) is 1. The van der Waals surface area contributed by atoms with Crippen molar-refractivity contribution in [3.8, 4) is 0 Å². The van der Waals surface area contributed by atoms with Crippen LogP contribution in [0.1, 0.15) is 45.1 Å². The van der Waals surface area contributed by atoms with Crippen molar-refractivity contribution in [1.29, 1.82) is 0 Å². The highest BCUT2D eigenvalue weighted by molar-refractivity contribution is 5.85. The zero-order chi connectivity index (χ0) is 15.5. The summed E-state index contributed by atoms with van der Waals surface area (Å²) in [6, 6.07) is 10.6. The van der Waals surface area contributed by atoms with Crippen LogP contribution in [0.25, 0.3) is 0 Å². The largest absolute Gasteiger partial charge is 0.368 e. The Balaban J connectivity index is 2.12. The number of piperidine rings is 1. The molecule has 1 unspecified atom stereocenters. The predicted octanol–water partition coefficient (Wildman–Crippen LogP) is 1.98. The van der Waals surface area contributed by atoms with Gasteiger partial charge in [0.05, 0.1) is 0 Å². The van der Waals surface area contributed by atoms with Gasteiger partial charge in [-0.1, -0.05) is 36.8 Å². The minimum absolute atomic E-state index is 0.453. The molecule has 1 saturated heterocycles. The number of likely N-dealkylation sites (tertiary alicyclic amines) is 1. The molecule has 0 saturated carbocycles. The van der Waals surface area contributed by atoms with Gasteiger partial charge in [0.2, 0.25) is 5.91 Å². The van der Waals surface area contributed by atoms with Crippen molar-refractivity contribution >= 4 is 5.91 Å². The number of nitrogens with two attached hydrogens (primary N) is 2. The summed E-state index contributed by atoms with van der Waals surface area (Å²) < 4.78 is 0. The SMILES string of the molecule is C[C@@H]1CCC[C@H](C)N1CCC(N)(C(N)=O)c1ccccc1. The highest BCUT2D eigenvalue weighted by Crippen LogP contribution is 2.27. The van der Waals surface area contributed by atoms with E-state index in [1.165, 1.54) is 19.3 Å². The number of hydrogen-bond donors (Lipinski definition) is 2. The normalized spacial score (nSPS) is 26.2. The van der Waals surface area contributed by atoms with Gasteiger partial charge in [-0.2, -0.15) is 0 Å². The lowest BCUT2D eigenvalue weighted by Crippen LogP contribution is -2.53. The summed E-state index contributed by atoms with van der Waals surface area (Å²) in [7, 11) is 0. The van der Waals surface area contributed by atoms with E-state index in [4.69, 9.17) is 11.5 Å². The van der Waals surface area contributed by atoms with E-state index in [2.05, 4.69) is 18.7 Å². The van der Waals surface area contributed by atoms with Crippen LogP contribution in [0.5, 0.6) is 0 Å². The average Bonchev–Trinajstić information content (AvgIpc) is 2.47. The summed E-state index contributed by atoms with van der Waals surface area (Å²) in [4.78, 5) is 14.4. The summed E-state index contributed by atoms with van der Waals surface area (Å²) in [5.41, 5.74) is 11.7. The van der Waals surface area contributed by atoms with Gasteiger partial charge in [0.15, 0.2) is 0 Å². The second-order valence-electron chi connectivity index (χ2n) is 6.32. The minimum Gasteiger partial charge on any atom is -0.368 e. The maximum Gasteiger partial charge on any atom is 0.242 e. The van der Waals surface area contributed by atoms with E-state index in [1.54, 1.807) is 0 Å². The molecule has 3 atom stereocenters. The second kappa shape index (κ2) is 6.58. The maximum atomic E-state index is 11.9. The molecule has 0 aliphatic carbocycles. The number of benzene rings is 1. The van der Waals surface area contributed by atoms with Gasteiger partial charge in [-0.3, -0.25) is 9.69 Å². The summed E-state index contributed by atoms with van der Waals surface area (Å²) in [6.07, 6.45) is 4.26. The van der Waals surface area contributed by atoms with Crippen LogP contribution < -0.4 is 11.5 Å². The molecule has 1 heterocycles. The van der Waals surface area contributed by atoms with Gasteiger partial charge in [0, 0.05) is 18.6 Å². The third-order valence-electron chi connectivity index (χ3n) is 4.87. The first-order chi connectivity index (χ1) is 9.95. The topological polar surface area (TPSA) is 72.3 Å². The zero-order valence-electron chi connectivity index (χ0n) is 13.1. The van der Waals surface area contributed by atoms with Gasteiger partial charge in [0.1, 0.15) is 5.54 Å². The van der Waals surface area contributed by atoms with Crippen LogP contribution >= 0.6 is 0 Å². The number of amides is 1. The van der Waals surface area contributed by atoms with Crippen molar-refractivity contribution in [2.45, 2.75) is 57.2 Å². The minimum atomic E-state index is -1.09. The number of rotatable bonds is 5. The maximum absolute atomic E-state index is 11.9. The molecule has 1 aromatic carbocycles. The molecule has 1 aromatic rings. The Morgan fingerprint density at radius 1 is 1.24 bits per heavy atom. The second-order valence-corrected chi connectivity index (χ2v) is 6.32. The van der Waals surface area contributed by atoms with Crippen LogP contribution in [0.4, 0.5) is 0 Å². The summed E-state index contributed by atoms with van der Waals surface area (Å²) in [5, 5.41) is 0. The first-order valence-electron chi connectivity index (χ1n) is 7.85. The first-order valence-corrected chi connectivity index (χ1v) is 7.85. The van der Waals surface area contributed by atoms with E-state index in [1.807, 2.05) is 30.3 Å². The van der Waals surface area contributed by atoms with E-state index in [-0.39, 0.29) is 0 Å². The summed E-state index contributed by atoms with van der Waals surface area (Å²) in [5.74, 6) is -0.453. The third kappa shape index (κ3) is 3.44. The molecule has 0 aromatic heterocycles. The smallest absolute Gasteiger partial charge is 0.242 e. The van der Waals surface area contributed by atoms with Gasteiger partial charge in [0.25, 0.3) is 0 Å². The highest BCUT2D eigenvalue weighted by atomic mass is 16.1. The fraction of sp³-hybridized carbons (Fsp3) is 0.588. The Hall–Kier alpha value is -1.39. The average molecular weight is 289 g/mol. The molecule has 2 rings (SSSR count). The lowest BCUT2D eigenvalue weighted by Gasteiger charge is -2.40. The van der Waals surface area contributed by atoms with E-state index in [0.29, 0.717) is 18.5 Å². The van der Waals surface area contributed by atoms with Crippen LogP contribution in [0, 0.1) is 0 Å². The fourth-order valence-electron chi connectivity index (χ4n) is 3.37. The van der Waals surface area contributed by atoms with E-state index < -0.39 is 11.4 Å². The van der Waals surface area contributed by atoms with Crippen molar-refractivity contribution < 1.29 is 4.79 Å². The molecule has 1 aliphatic rings. The lowest BCUT2D eigenvalue weighted by molar-refractivity contribution is -0.124.